The Hall–Kier alpha value is -3.85. The summed E-state index contributed by atoms with van der Waals surface area (Å²) < 4.78 is 34.0. The minimum absolute atomic E-state index is 0.0299. The van der Waals surface area contributed by atoms with Gasteiger partial charge >= 0.3 is 0 Å². The highest BCUT2D eigenvalue weighted by Gasteiger charge is 2.33. The average molecular weight is 566 g/mol. The predicted octanol–water partition coefficient (Wildman–Crippen LogP) is 4.66. The van der Waals surface area contributed by atoms with Gasteiger partial charge in [0.1, 0.15) is 18.3 Å². The number of hydrogen-bond acceptors (Lipinski definition) is 5. The fourth-order valence-electron chi connectivity index (χ4n) is 4.33. The Balaban J connectivity index is 1.98. The van der Waals surface area contributed by atoms with Crippen molar-refractivity contribution in [2.75, 3.05) is 24.5 Å². The maximum absolute atomic E-state index is 14.0. The molecule has 3 rings (SSSR count). The predicted molar refractivity (Wildman–Crippen MR) is 158 cm³/mol. The van der Waals surface area contributed by atoms with E-state index >= 15 is 0 Å². The van der Waals surface area contributed by atoms with Crippen molar-refractivity contribution in [1.82, 2.24) is 10.2 Å². The van der Waals surface area contributed by atoms with E-state index in [2.05, 4.69) is 5.32 Å². The number of para-hydroxylation sites is 1. The highest BCUT2D eigenvalue weighted by atomic mass is 32.2. The van der Waals surface area contributed by atoms with E-state index in [4.69, 9.17) is 4.74 Å². The smallest absolute Gasteiger partial charge is 0.264 e. The number of sulfonamides is 1. The van der Waals surface area contributed by atoms with Crippen molar-refractivity contribution in [2.45, 2.75) is 57.0 Å². The van der Waals surface area contributed by atoms with Gasteiger partial charge in [0, 0.05) is 12.6 Å². The van der Waals surface area contributed by atoms with Gasteiger partial charge in [-0.3, -0.25) is 13.9 Å². The number of ether oxygens (including phenoxy) is 1. The van der Waals surface area contributed by atoms with Crippen molar-refractivity contribution in [3.05, 3.63) is 90.5 Å². The van der Waals surface area contributed by atoms with E-state index in [0.717, 1.165) is 16.3 Å². The molecule has 40 heavy (non-hydrogen) atoms. The van der Waals surface area contributed by atoms with Gasteiger partial charge in [-0.05, 0) is 68.1 Å². The van der Waals surface area contributed by atoms with Crippen LogP contribution < -0.4 is 14.4 Å². The molecule has 0 spiro atoms. The molecule has 2 unspecified atom stereocenters. The Bertz CT molecular complexity index is 1330. The number of methoxy groups -OCH3 is 1. The molecule has 0 saturated heterocycles. The second kappa shape index (κ2) is 14.5. The Labute approximate surface area is 238 Å². The van der Waals surface area contributed by atoms with E-state index in [0.29, 0.717) is 24.3 Å². The van der Waals surface area contributed by atoms with E-state index in [1.54, 1.807) is 42.5 Å². The molecular formula is C31H39N3O5S. The zero-order valence-corrected chi connectivity index (χ0v) is 24.4. The first-order valence-corrected chi connectivity index (χ1v) is 15.0. The van der Waals surface area contributed by atoms with Crippen molar-refractivity contribution >= 4 is 27.5 Å². The number of nitrogens with one attached hydrogen (secondary N) is 1. The summed E-state index contributed by atoms with van der Waals surface area (Å²) in [5.74, 6) is -0.183. The number of carbonyl (C=O) groups is 2. The van der Waals surface area contributed by atoms with Gasteiger partial charge in [-0.15, -0.1) is 0 Å². The lowest BCUT2D eigenvalue weighted by atomic mass is 10.1. The van der Waals surface area contributed by atoms with E-state index in [1.165, 1.54) is 24.1 Å². The number of amides is 2. The van der Waals surface area contributed by atoms with Gasteiger partial charge in [-0.25, -0.2) is 8.42 Å². The fourth-order valence-corrected chi connectivity index (χ4v) is 5.75. The van der Waals surface area contributed by atoms with Gasteiger partial charge in [0.15, 0.2) is 0 Å². The molecule has 214 valence electrons. The first-order chi connectivity index (χ1) is 19.2. The molecule has 0 saturated carbocycles. The Kier molecular flexibility index (Phi) is 11.1. The van der Waals surface area contributed by atoms with Crippen LogP contribution in [0.2, 0.25) is 0 Å². The quantitative estimate of drug-likeness (QED) is 0.307. The van der Waals surface area contributed by atoms with Crippen LogP contribution in [0.1, 0.15) is 39.2 Å². The van der Waals surface area contributed by atoms with Crippen molar-refractivity contribution in [2.24, 2.45) is 0 Å². The fraction of sp³-hybridized carbons (Fsp3) is 0.355. The minimum Gasteiger partial charge on any atom is -0.497 e. The van der Waals surface area contributed by atoms with Crippen molar-refractivity contribution in [3.63, 3.8) is 0 Å². The lowest BCUT2D eigenvalue weighted by Gasteiger charge is -2.33. The highest BCUT2D eigenvalue weighted by Crippen LogP contribution is 2.25. The number of rotatable bonds is 14. The van der Waals surface area contributed by atoms with Gasteiger partial charge < -0.3 is 15.0 Å². The molecular weight excluding hydrogens is 526 g/mol. The lowest BCUT2D eigenvalue weighted by Crippen LogP contribution is -2.54. The van der Waals surface area contributed by atoms with Crippen molar-refractivity contribution < 1.29 is 22.7 Å². The van der Waals surface area contributed by atoms with Crippen LogP contribution in [0.3, 0.4) is 0 Å². The summed E-state index contributed by atoms with van der Waals surface area (Å²) in [4.78, 5) is 28.8. The zero-order valence-electron chi connectivity index (χ0n) is 23.6. The van der Waals surface area contributed by atoms with Crippen LogP contribution in [-0.2, 0) is 26.0 Å². The molecule has 0 fully saturated rings. The van der Waals surface area contributed by atoms with Crippen LogP contribution in [0.25, 0.3) is 0 Å². The molecule has 3 aromatic rings. The van der Waals surface area contributed by atoms with Crippen molar-refractivity contribution in [3.8, 4) is 5.75 Å². The van der Waals surface area contributed by atoms with E-state index in [9.17, 15) is 18.0 Å². The molecule has 2 amide bonds. The summed E-state index contributed by atoms with van der Waals surface area (Å²) in [6.45, 7) is 5.55. The number of carbonyl (C=O) groups excluding carboxylic acids is 2. The number of anilines is 1. The van der Waals surface area contributed by atoms with Crippen LogP contribution in [0.4, 0.5) is 5.69 Å². The topological polar surface area (TPSA) is 96.0 Å². The molecule has 8 nitrogen and oxygen atoms in total. The number of nitrogens with zero attached hydrogens (tertiary/aromatic N) is 2. The first-order valence-electron chi connectivity index (χ1n) is 13.6. The Morgan fingerprint density at radius 1 is 0.875 bits per heavy atom. The molecule has 9 heteroatoms. The molecule has 0 heterocycles. The minimum atomic E-state index is -4.12. The van der Waals surface area contributed by atoms with Gasteiger partial charge in [0.05, 0.1) is 17.7 Å². The summed E-state index contributed by atoms with van der Waals surface area (Å²) >= 11 is 0. The van der Waals surface area contributed by atoms with E-state index in [1.807, 2.05) is 51.1 Å². The Morgan fingerprint density at radius 3 is 2.02 bits per heavy atom. The highest BCUT2D eigenvalue weighted by molar-refractivity contribution is 7.92. The summed E-state index contributed by atoms with van der Waals surface area (Å²) in [5.41, 5.74) is 1.37. The summed E-state index contributed by atoms with van der Waals surface area (Å²) in [6, 6.07) is 23.5. The second-order valence-electron chi connectivity index (χ2n) is 9.59. The molecule has 2 atom stereocenters. The molecule has 0 bridgehead atoms. The van der Waals surface area contributed by atoms with Gasteiger partial charge in [-0.2, -0.15) is 0 Å². The normalized spacial score (nSPS) is 12.7. The van der Waals surface area contributed by atoms with Gasteiger partial charge in [-0.1, -0.05) is 62.4 Å². The lowest BCUT2D eigenvalue weighted by molar-refractivity contribution is -0.139. The number of hydrogen-bond donors (Lipinski definition) is 1. The van der Waals surface area contributed by atoms with Crippen LogP contribution in [-0.4, -0.2) is 57.4 Å². The van der Waals surface area contributed by atoms with E-state index < -0.39 is 28.5 Å². The van der Waals surface area contributed by atoms with Crippen LogP contribution in [0, 0.1) is 0 Å². The monoisotopic (exact) mass is 565 g/mol. The standard InChI is InChI=1S/C31H39N3O5S/c1-5-24(3)32-31(36)29(6-2)33(22-21-25-13-9-7-10-14-25)30(35)23-34(26-15-11-8-12-16-26)40(37,38)28-19-17-27(39-4)18-20-28/h7-20,24,29H,5-6,21-23H2,1-4H3,(H,32,36). The molecule has 0 aliphatic carbocycles. The van der Waals surface area contributed by atoms with Crippen LogP contribution in [0.5, 0.6) is 5.75 Å². The molecule has 0 aromatic heterocycles. The molecule has 3 aromatic carbocycles. The third-order valence-electron chi connectivity index (χ3n) is 6.84. The zero-order chi connectivity index (χ0) is 29.1. The first kappa shape index (κ1) is 30.7. The average Bonchev–Trinajstić information content (AvgIpc) is 2.98. The third-order valence-corrected chi connectivity index (χ3v) is 8.63. The van der Waals surface area contributed by atoms with Crippen LogP contribution >= 0.6 is 0 Å². The van der Waals surface area contributed by atoms with Crippen molar-refractivity contribution in [1.29, 1.82) is 0 Å². The molecule has 1 N–H and O–H groups in total. The third kappa shape index (κ3) is 7.85. The molecule has 0 aliphatic rings. The maximum Gasteiger partial charge on any atom is 0.264 e. The summed E-state index contributed by atoms with van der Waals surface area (Å²) in [5, 5.41) is 2.99. The van der Waals surface area contributed by atoms with E-state index in [-0.39, 0.29) is 23.4 Å². The van der Waals surface area contributed by atoms with Crippen LogP contribution in [0.15, 0.2) is 89.8 Å². The largest absolute Gasteiger partial charge is 0.497 e. The maximum atomic E-state index is 14.0. The number of benzene rings is 3. The second-order valence-corrected chi connectivity index (χ2v) is 11.4. The molecule has 0 radical (unpaired) electrons. The summed E-state index contributed by atoms with van der Waals surface area (Å²) in [7, 11) is -2.62. The Morgan fingerprint density at radius 2 is 1.48 bits per heavy atom. The molecule has 0 aliphatic heterocycles. The SMILES string of the molecule is CCC(C)NC(=O)C(CC)N(CCc1ccccc1)C(=O)CN(c1ccccc1)S(=O)(=O)c1ccc(OC)cc1. The van der Waals surface area contributed by atoms with Gasteiger partial charge in [0.25, 0.3) is 10.0 Å². The van der Waals surface area contributed by atoms with Gasteiger partial charge in [0.2, 0.25) is 11.8 Å². The summed E-state index contributed by atoms with van der Waals surface area (Å²) in [6.07, 6.45) is 1.66.